The van der Waals surface area contributed by atoms with Crippen molar-refractivity contribution in [3.8, 4) is 28.7 Å². The fourth-order valence-corrected chi connectivity index (χ4v) is 4.20. The molecule has 6 rings (SSSR count). The van der Waals surface area contributed by atoms with Crippen LogP contribution >= 0.6 is 0 Å². The second-order valence-electron chi connectivity index (χ2n) is 8.04. The highest BCUT2D eigenvalue weighted by atomic mass is 19.3. The molecular weight excluding hydrogens is 467 g/mol. The molecule has 2 heterocycles. The molecule has 186 valence electrons. The number of aliphatic hydroxyl groups excluding tert-OH is 1. The van der Waals surface area contributed by atoms with Gasteiger partial charge in [-0.1, -0.05) is 90.5 Å². The number of hydrogen-bond acceptors (Lipinski definition) is 5. The molecule has 0 aliphatic rings. The van der Waals surface area contributed by atoms with Gasteiger partial charge < -0.3 is 5.11 Å². The number of aliphatic hydroxyl groups is 1. The summed E-state index contributed by atoms with van der Waals surface area (Å²) in [5.74, 6) is 1.94. The second kappa shape index (κ2) is 12.0. The second-order valence-corrected chi connectivity index (χ2v) is 8.04. The summed E-state index contributed by atoms with van der Waals surface area (Å²) < 4.78 is 11.9. The van der Waals surface area contributed by atoms with Crippen molar-refractivity contribution in [3.05, 3.63) is 109 Å². The molecule has 0 radical (unpaired) electrons. The van der Waals surface area contributed by atoms with Crippen LogP contribution in [-0.2, 0) is 4.94 Å². The van der Waals surface area contributed by atoms with Crippen molar-refractivity contribution in [2.75, 3.05) is 14.2 Å². The molecule has 0 aliphatic heterocycles. The van der Waals surface area contributed by atoms with E-state index in [9.17, 15) is 4.53 Å². The maximum atomic E-state index is 9.79. The minimum absolute atomic E-state index is 0.618. The first-order valence-electron chi connectivity index (χ1n) is 11.7. The van der Waals surface area contributed by atoms with Gasteiger partial charge in [0.15, 0.2) is 11.6 Å². The van der Waals surface area contributed by atoms with Crippen LogP contribution in [0.2, 0.25) is 0 Å². The van der Waals surface area contributed by atoms with Crippen molar-refractivity contribution < 1.29 is 14.6 Å². The van der Waals surface area contributed by atoms with E-state index in [1.807, 2.05) is 60.7 Å². The Morgan fingerprint density at radius 1 is 0.649 bits per heavy atom. The number of rotatable bonds is 3. The average molecular weight is 495 g/mol. The maximum Gasteiger partial charge on any atom is 0.238 e. The Morgan fingerprint density at radius 3 is 1.70 bits per heavy atom. The summed E-state index contributed by atoms with van der Waals surface area (Å²) in [6.45, 7) is 2.12. The third kappa shape index (κ3) is 5.38. The van der Waals surface area contributed by atoms with Gasteiger partial charge >= 0.3 is 0 Å². The lowest BCUT2D eigenvalue weighted by Gasteiger charge is -2.10. The summed E-state index contributed by atoms with van der Waals surface area (Å²) >= 11 is 0. The number of benzene rings is 4. The molecule has 0 bridgehead atoms. The standard InChI is InChI=1S/C28H20N4.CH3FO.CH4O/c1-19-16-17-25-23(18-19)22-14-8-9-15-24(22)32(25)28-30-26(20-10-4-2-5-11-20)29-27(31-28)21-12-6-3-7-13-21;1-3-2;1-2/h2-18H,1H3;1H3;2H,1H3. The van der Waals surface area contributed by atoms with Crippen LogP contribution in [0.25, 0.3) is 50.5 Å². The van der Waals surface area contributed by atoms with Crippen LogP contribution in [0.5, 0.6) is 0 Å². The molecule has 7 heteroatoms. The summed E-state index contributed by atoms with van der Waals surface area (Å²) in [4.78, 5) is 17.4. The lowest BCUT2D eigenvalue weighted by molar-refractivity contribution is -0.0960. The number of nitrogens with zero attached hydrogens (tertiary/aromatic N) is 4. The van der Waals surface area contributed by atoms with Crippen molar-refractivity contribution in [1.82, 2.24) is 19.5 Å². The number of aryl methyl sites for hydroxylation is 1. The van der Waals surface area contributed by atoms with Gasteiger partial charge in [0.1, 0.15) is 0 Å². The predicted molar refractivity (Wildman–Crippen MR) is 146 cm³/mol. The van der Waals surface area contributed by atoms with E-state index in [-0.39, 0.29) is 0 Å². The van der Waals surface area contributed by atoms with Crippen LogP contribution < -0.4 is 0 Å². The van der Waals surface area contributed by atoms with Crippen LogP contribution in [0.1, 0.15) is 5.56 Å². The molecule has 0 spiro atoms. The Balaban J connectivity index is 0.000000599. The Hall–Kier alpha value is -4.46. The molecule has 0 aliphatic carbocycles. The fourth-order valence-electron chi connectivity index (χ4n) is 4.20. The third-order valence-corrected chi connectivity index (χ3v) is 5.72. The van der Waals surface area contributed by atoms with E-state index in [1.54, 1.807) is 0 Å². The minimum atomic E-state index is 0.618. The highest BCUT2D eigenvalue weighted by Crippen LogP contribution is 2.32. The van der Waals surface area contributed by atoms with E-state index in [4.69, 9.17) is 20.1 Å². The van der Waals surface area contributed by atoms with Crippen molar-refractivity contribution >= 4 is 21.8 Å². The van der Waals surface area contributed by atoms with Gasteiger partial charge in [-0.2, -0.15) is 14.9 Å². The topological polar surface area (TPSA) is 73.1 Å². The highest BCUT2D eigenvalue weighted by molar-refractivity contribution is 6.09. The largest absolute Gasteiger partial charge is 0.400 e. The quantitative estimate of drug-likeness (QED) is 0.295. The molecule has 0 saturated heterocycles. The number of para-hydroxylation sites is 1. The first kappa shape index (κ1) is 25.6. The maximum absolute atomic E-state index is 9.79. The van der Waals surface area contributed by atoms with Crippen LogP contribution in [0, 0.1) is 6.92 Å². The summed E-state index contributed by atoms with van der Waals surface area (Å²) in [7, 11) is 1.96. The first-order valence-corrected chi connectivity index (χ1v) is 11.7. The molecule has 1 N–H and O–H groups in total. The summed E-state index contributed by atoms with van der Waals surface area (Å²) in [5.41, 5.74) is 5.32. The fraction of sp³-hybridized carbons (Fsp3) is 0.100. The Labute approximate surface area is 214 Å². The van der Waals surface area contributed by atoms with Crippen molar-refractivity contribution in [3.63, 3.8) is 0 Å². The van der Waals surface area contributed by atoms with Crippen LogP contribution in [0.15, 0.2) is 103 Å². The van der Waals surface area contributed by atoms with Gasteiger partial charge in [0, 0.05) is 29.0 Å². The lowest BCUT2D eigenvalue weighted by atomic mass is 10.1. The summed E-state index contributed by atoms with van der Waals surface area (Å²) in [6.07, 6.45) is 0. The smallest absolute Gasteiger partial charge is 0.238 e. The minimum Gasteiger partial charge on any atom is -0.400 e. The van der Waals surface area contributed by atoms with Crippen LogP contribution in [0.3, 0.4) is 0 Å². The zero-order valence-corrected chi connectivity index (χ0v) is 20.8. The molecule has 6 aromatic rings. The number of halogens is 1. The van der Waals surface area contributed by atoms with E-state index >= 15 is 0 Å². The molecule has 2 aromatic heterocycles. The Kier molecular flexibility index (Phi) is 8.30. The van der Waals surface area contributed by atoms with Crippen LogP contribution in [-0.4, -0.2) is 38.8 Å². The number of aromatic nitrogens is 4. The van der Waals surface area contributed by atoms with Crippen molar-refractivity contribution in [1.29, 1.82) is 0 Å². The summed E-state index contributed by atoms with van der Waals surface area (Å²) in [5, 5.41) is 9.39. The van der Waals surface area contributed by atoms with Crippen molar-refractivity contribution in [2.45, 2.75) is 6.92 Å². The Bertz CT molecular complexity index is 1550. The van der Waals surface area contributed by atoms with Gasteiger partial charge in [-0.15, -0.1) is 0 Å². The van der Waals surface area contributed by atoms with E-state index in [2.05, 4.69) is 58.9 Å². The number of hydrogen-bond donors (Lipinski definition) is 1. The lowest BCUT2D eigenvalue weighted by Crippen LogP contribution is -2.06. The summed E-state index contributed by atoms with van der Waals surface area (Å²) in [6, 6.07) is 35.1. The highest BCUT2D eigenvalue weighted by Gasteiger charge is 2.17. The Morgan fingerprint density at radius 2 is 1.14 bits per heavy atom. The monoisotopic (exact) mass is 494 g/mol. The number of fused-ring (bicyclic) bond motifs is 3. The average Bonchev–Trinajstić information content (AvgIpc) is 3.29. The van der Waals surface area contributed by atoms with E-state index in [1.165, 1.54) is 16.3 Å². The van der Waals surface area contributed by atoms with E-state index < -0.39 is 0 Å². The van der Waals surface area contributed by atoms with E-state index in [0.717, 1.165) is 36.4 Å². The van der Waals surface area contributed by atoms with Crippen molar-refractivity contribution in [2.24, 2.45) is 0 Å². The van der Waals surface area contributed by atoms with Crippen LogP contribution in [0.4, 0.5) is 4.53 Å². The zero-order chi connectivity index (χ0) is 26.2. The molecule has 0 amide bonds. The van der Waals surface area contributed by atoms with Gasteiger partial charge in [0.05, 0.1) is 18.1 Å². The SMILES string of the molecule is CO.COF.Cc1ccc2c(c1)c1ccccc1n2-c1nc(-c2ccccc2)nc(-c2ccccc2)n1. The molecule has 4 aromatic carbocycles. The third-order valence-electron chi connectivity index (χ3n) is 5.72. The molecule has 0 unspecified atom stereocenters. The molecule has 0 saturated carbocycles. The normalized spacial score (nSPS) is 10.4. The van der Waals surface area contributed by atoms with Gasteiger partial charge in [-0.05, 0) is 29.6 Å². The van der Waals surface area contributed by atoms with E-state index in [0.29, 0.717) is 17.6 Å². The first-order chi connectivity index (χ1) is 18.2. The molecule has 0 fully saturated rings. The molecular formula is C30H27FN4O2. The molecule has 6 nitrogen and oxygen atoms in total. The zero-order valence-electron chi connectivity index (χ0n) is 20.8. The van der Waals surface area contributed by atoms with Gasteiger partial charge in [-0.25, -0.2) is 4.98 Å². The van der Waals surface area contributed by atoms with Gasteiger partial charge in [-0.3, -0.25) is 4.57 Å². The predicted octanol–water partition coefficient (Wildman–Crippen LogP) is 6.74. The van der Waals surface area contributed by atoms with Gasteiger partial charge in [0.25, 0.3) is 0 Å². The molecule has 0 atom stereocenters. The van der Waals surface area contributed by atoms with Gasteiger partial charge in [0.2, 0.25) is 5.95 Å². The molecule has 37 heavy (non-hydrogen) atoms.